The number of aliphatic imine (C=N–C) groups is 1. The van der Waals surface area contributed by atoms with Crippen LogP contribution in [0.2, 0.25) is 0 Å². The van der Waals surface area contributed by atoms with Gasteiger partial charge in [0.2, 0.25) is 5.84 Å². The average Bonchev–Trinajstić information content (AvgIpc) is 2.63. The molecule has 1 aromatic rings. The van der Waals surface area contributed by atoms with Gasteiger partial charge in [0, 0.05) is 26.2 Å². The van der Waals surface area contributed by atoms with E-state index in [4.69, 9.17) is 9.47 Å². The molecule has 1 aromatic carbocycles. The third-order valence-corrected chi connectivity index (χ3v) is 3.57. The monoisotopic (exact) mass is 334 g/mol. The van der Waals surface area contributed by atoms with Gasteiger partial charge in [0.25, 0.3) is 0 Å². The van der Waals surface area contributed by atoms with Crippen molar-refractivity contribution >= 4 is 17.5 Å². The molecule has 1 fully saturated rings. The molecule has 2 rings (SSSR count). The molecule has 0 bridgehead atoms. The summed E-state index contributed by atoms with van der Waals surface area (Å²) in [7, 11) is 0. The van der Waals surface area contributed by atoms with E-state index >= 15 is 0 Å². The van der Waals surface area contributed by atoms with Gasteiger partial charge >= 0.3 is 5.97 Å². The van der Waals surface area contributed by atoms with Crippen molar-refractivity contribution in [3.8, 4) is 0 Å². The van der Waals surface area contributed by atoms with Crippen LogP contribution in [0, 0.1) is 0 Å². The number of hydrogen-bond acceptors (Lipinski definition) is 6. The number of esters is 1. The van der Waals surface area contributed by atoms with E-state index in [-0.39, 0.29) is 5.84 Å². The number of nitrogens with one attached hydrogen (secondary N) is 2. The molecule has 0 radical (unpaired) electrons. The lowest BCUT2D eigenvalue weighted by Crippen LogP contribution is -2.38. The van der Waals surface area contributed by atoms with Crippen LogP contribution in [0.5, 0.6) is 0 Å². The molecule has 1 heterocycles. The Morgan fingerprint density at radius 3 is 2.75 bits per heavy atom. The molecule has 1 saturated heterocycles. The molecule has 0 saturated carbocycles. The number of anilines is 1. The molecule has 0 spiro atoms. The van der Waals surface area contributed by atoms with E-state index in [9.17, 15) is 4.79 Å². The van der Waals surface area contributed by atoms with Crippen LogP contribution in [-0.4, -0.2) is 62.7 Å². The van der Waals surface area contributed by atoms with E-state index < -0.39 is 5.97 Å². The minimum Gasteiger partial charge on any atom is -0.460 e. The Bertz CT molecular complexity index is 516. The molecular formula is C17H26N4O3. The van der Waals surface area contributed by atoms with E-state index in [1.807, 2.05) is 30.3 Å². The van der Waals surface area contributed by atoms with Gasteiger partial charge in [0.05, 0.1) is 25.5 Å². The highest BCUT2D eigenvalue weighted by molar-refractivity contribution is 6.35. The smallest absolute Gasteiger partial charge is 0.375 e. The maximum atomic E-state index is 12.0. The fourth-order valence-electron chi connectivity index (χ4n) is 2.32. The molecule has 1 aliphatic heterocycles. The fraction of sp³-hybridized carbons (Fsp3) is 0.529. The minimum atomic E-state index is -0.452. The van der Waals surface area contributed by atoms with Gasteiger partial charge in [-0.05, 0) is 25.5 Å². The Morgan fingerprint density at radius 1 is 1.29 bits per heavy atom. The molecule has 0 amide bonds. The number of ether oxygens (including phenoxy) is 2. The number of para-hydroxylation sites is 1. The maximum absolute atomic E-state index is 12.0. The number of hydrazine groups is 1. The van der Waals surface area contributed by atoms with Crippen LogP contribution in [0.4, 0.5) is 5.69 Å². The number of carbonyl (C=O) groups excluding carboxylic acids is 1. The van der Waals surface area contributed by atoms with E-state index in [1.54, 1.807) is 6.92 Å². The number of morpholine rings is 1. The molecule has 7 nitrogen and oxygen atoms in total. The van der Waals surface area contributed by atoms with Gasteiger partial charge in [-0.15, -0.1) is 0 Å². The van der Waals surface area contributed by atoms with Crippen LogP contribution in [0.15, 0.2) is 35.3 Å². The second-order valence-electron chi connectivity index (χ2n) is 5.37. The second kappa shape index (κ2) is 10.6. The molecule has 0 atom stereocenters. The standard InChI is InChI=1S/C17H26N4O3/c1-2-24-17(22)16(20-19-15-7-4-3-5-8-15)18-9-6-10-21-11-13-23-14-12-21/h3-5,7-8,19H,2,6,9-14H2,1H3,(H,18,20). The summed E-state index contributed by atoms with van der Waals surface area (Å²) in [5, 5.41) is 0. The average molecular weight is 334 g/mol. The van der Waals surface area contributed by atoms with E-state index in [2.05, 4.69) is 20.7 Å². The first-order chi connectivity index (χ1) is 11.8. The predicted molar refractivity (Wildman–Crippen MR) is 94.0 cm³/mol. The van der Waals surface area contributed by atoms with Crippen LogP contribution in [0.25, 0.3) is 0 Å². The second-order valence-corrected chi connectivity index (χ2v) is 5.37. The third kappa shape index (κ3) is 6.55. The van der Waals surface area contributed by atoms with Crippen LogP contribution in [-0.2, 0) is 14.3 Å². The van der Waals surface area contributed by atoms with Crippen LogP contribution in [0.3, 0.4) is 0 Å². The number of benzene rings is 1. The fourth-order valence-corrected chi connectivity index (χ4v) is 2.32. The lowest BCUT2D eigenvalue weighted by atomic mass is 10.3. The summed E-state index contributed by atoms with van der Waals surface area (Å²) in [5.41, 5.74) is 6.67. The van der Waals surface area contributed by atoms with Gasteiger partial charge in [0.1, 0.15) is 0 Å². The van der Waals surface area contributed by atoms with Crippen molar-refractivity contribution in [2.45, 2.75) is 13.3 Å². The Hall–Kier alpha value is -2.12. The van der Waals surface area contributed by atoms with Crippen molar-refractivity contribution in [2.24, 2.45) is 4.99 Å². The Morgan fingerprint density at radius 2 is 2.04 bits per heavy atom. The highest BCUT2D eigenvalue weighted by atomic mass is 16.5. The normalized spacial score (nSPS) is 15.8. The van der Waals surface area contributed by atoms with Crippen molar-refractivity contribution in [2.75, 3.05) is 51.4 Å². The summed E-state index contributed by atoms with van der Waals surface area (Å²) in [6.07, 6.45) is 0.885. The van der Waals surface area contributed by atoms with Gasteiger partial charge in [-0.1, -0.05) is 18.2 Å². The zero-order valence-electron chi connectivity index (χ0n) is 14.2. The van der Waals surface area contributed by atoms with Crippen LogP contribution in [0.1, 0.15) is 13.3 Å². The third-order valence-electron chi connectivity index (χ3n) is 3.57. The zero-order chi connectivity index (χ0) is 17.0. The van der Waals surface area contributed by atoms with Crippen LogP contribution >= 0.6 is 0 Å². The van der Waals surface area contributed by atoms with Crippen molar-refractivity contribution < 1.29 is 14.3 Å². The first kappa shape index (κ1) is 18.2. The van der Waals surface area contributed by atoms with Crippen molar-refractivity contribution in [3.05, 3.63) is 30.3 Å². The van der Waals surface area contributed by atoms with E-state index in [1.165, 1.54) is 0 Å². The highest BCUT2D eigenvalue weighted by Gasteiger charge is 2.13. The minimum absolute atomic E-state index is 0.197. The number of carbonyl (C=O) groups is 1. The van der Waals surface area contributed by atoms with Gasteiger partial charge in [-0.3, -0.25) is 20.7 Å². The van der Waals surface area contributed by atoms with Crippen molar-refractivity contribution in [1.82, 2.24) is 10.3 Å². The maximum Gasteiger partial charge on any atom is 0.375 e. The molecule has 132 valence electrons. The zero-order valence-corrected chi connectivity index (χ0v) is 14.2. The number of nitrogens with zero attached hydrogens (tertiary/aromatic N) is 2. The first-order valence-electron chi connectivity index (χ1n) is 8.38. The van der Waals surface area contributed by atoms with Gasteiger partial charge in [0.15, 0.2) is 0 Å². The summed E-state index contributed by atoms with van der Waals surface area (Å²) in [4.78, 5) is 18.7. The summed E-state index contributed by atoms with van der Waals surface area (Å²) in [6.45, 7) is 7.12. The first-order valence-corrected chi connectivity index (χ1v) is 8.38. The molecule has 24 heavy (non-hydrogen) atoms. The van der Waals surface area contributed by atoms with Crippen molar-refractivity contribution in [3.63, 3.8) is 0 Å². The van der Waals surface area contributed by atoms with Gasteiger partial charge in [-0.2, -0.15) is 0 Å². The molecule has 0 aromatic heterocycles. The summed E-state index contributed by atoms with van der Waals surface area (Å²) >= 11 is 0. The quantitative estimate of drug-likeness (QED) is 0.257. The molecule has 2 N–H and O–H groups in total. The number of hydrogen-bond donors (Lipinski definition) is 2. The summed E-state index contributed by atoms with van der Waals surface area (Å²) in [6, 6.07) is 9.54. The highest BCUT2D eigenvalue weighted by Crippen LogP contribution is 2.03. The molecule has 7 heteroatoms. The Balaban J connectivity index is 1.81. The number of amidine groups is 1. The SMILES string of the molecule is CCOC(=O)C(=NCCCN1CCOCC1)NNc1ccccc1. The largest absolute Gasteiger partial charge is 0.460 e. The van der Waals surface area contributed by atoms with E-state index in [0.717, 1.165) is 45.0 Å². The van der Waals surface area contributed by atoms with E-state index in [0.29, 0.717) is 13.2 Å². The molecule has 1 aliphatic rings. The topological polar surface area (TPSA) is 75.2 Å². The predicted octanol–water partition coefficient (Wildman–Crippen LogP) is 1.29. The lowest BCUT2D eigenvalue weighted by Gasteiger charge is -2.26. The Kier molecular flexibility index (Phi) is 8.06. The van der Waals surface area contributed by atoms with Gasteiger partial charge < -0.3 is 9.47 Å². The van der Waals surface area contributed by atoms with Crippen molar-refractivity contribution in [1.29, 1.82) is 0 Å². The molecular weight excluding hydrogens is 308 g/mol. The van der Waals surface area contributed by atoms with Gasteiger partial charge in [-0.25, -0.2) is 4.79 Å². The lowest BCUT2D eigenvalue weighted by molar-refractivity contribution is -0.135. The Labute approximate surface area is 143 Å². The number of rotatable bonds is 7. The van der Waals surface area contributed by atoms with Crippen LogP contribution < -0.4 is 10.9 Å². The molecule has 0 unspecified atom stereocenters. The molecule has 0 aliphatic carbocycles. The summed E-state index contributed by atoms with van der Waals surface area (Å²) in [5.74, 6) is -0.255. The summed E-state index contributed by atoms with van der Waals surface area (Å²) < 4.78 is 10.4.